The number of benzene rings is 2. The lowest BCUT2D eigenvalue weighted by Crippen LogP contribution is -2.66. The molecular formula is C39H64O4Si3. The zero-order valence-electron chi connectivity index (χ0n) is 30.8. The van der Waals surface area contributed by atoms with Crippen LogP contribution in [-0.4, -0.2) is 55.5 Å². The van der Waals surface area contributed by atoms with Gasteiger partial charge in [-0.2, -0.15) is 0 Å². The summed E-state index contributed by atoms with van der Waals surface area (Å²) in [5.74, 6) is 0. The smallest absolute Gasteiger partial charge is 0.261 e. The highest BCUT2D eigenvalue weighted by atomic mass is 28.4. The van der Waals surface area contributed by atoms with Crippen molar-refractivity contribution in [3.8, 4) is 0 Å². The predicted octanol–water partition coefficient (Wildman–Crippen LogP) is 9.39. The van der Waals surface area contributed by atoms with E-state index in [1.807, 2.05) is 0 Å². The predicted molar refractivity (Wildman–Crippen MR) is 207 cm³/mol. The van der Waals surface area contributed by atoms with E-state index in [1.54, 1.807) is 0 Å². The summed E-state index contributed by atoms with van der Waals surface area (Å²) in [5, 5.41) is 12.9. The monoisotopic (exact) mass is 680 g/mol. The summed E-state index contributed by atoms with van der Waals surface area (Å²) in [7, 11) is -6.44. The highest BCUT2D eigenvalue weighted by Crippen LogP contribution is 2.39. The Bertz CT molecular complexity index is 1180. The molecule has 2 aromatic rings. The topological polar surface area (TPSA) is 47.9 Å². The fourth-order valence-electron chi connectivity index (χ4n) is 5.88. The third-order valence-electron chi connectivity index (χ3n) is 9.91. The molecular weight excluding hydrogens is 617 g/mol. The molecule has 0 aromatic heterocycles. The Morgan fingerprint density at radius 1 is 0.696 bits per heavy atom. The molecule has 4 nitrogen and oxygen atoms in total. The van der Waals surface area contributed by atoms with Crippen molar-refractivity contribution < 1.29 is 18.4 Å². The molecule has 0 saturated heterocycles. The van der Waals surface area contributed by atoms with E-state index < -0.39 is 25.0 Å². The minimum Gasteiger partial charge on any atom is -0.411 e. The van der Waals surface area contributed by atoms with Crippen LogP contribution in [0.25, 0.3) is 0 Å². The molecule has 46 heavy (non-hydrogen) atoms. The first kappa shape index (κ1) is 40.3. The van der Waals surface area contributed by atoms with Crippen LogP contribution >= 0.6 is 0 Å². The van der Waals surface area contributed by atoms with Crippen LogP contribution in [0.4, 0.5) is 0 Å². The van der Waals surface area contributed by atoms with Crippen LogP contribution in [0, 0.1) is 0 Å². The first-order valence-electron chi connectivity index (χ1n) is 17.3. The lowest BCUT2D eigenvalue weighted by molar-refractivity contribution is 0.0676. The third-order valence-corrected chi connectivity index (χ3v) is 24.1. The number of aliphatic hydroxyl groups excluding tert-OH is 1. The molecule has 0 bridgehead atoms. The average Bonchev–Trinajstić information content (AvgIpc) is 3.02. The summed E-state index contributed by atoms with van der Waals surface area (Å²) in [4.78, 5) is 0. The average molecular weight is 681 g/mol. The van der Waals surface area contributed by atoms with E-state index in [0.717, 1.165) is 18.1 Å². The Balaban J connectivity index is 2.22. The van der Waals surface area contributed by atoms with E-state index in [4.69, 9.17) is 13.3 Å². The summed E-state index contributed by atoms with van der Waals surface area (Å²) < 4.78 is 20.5. The summed E-state index contributed by atoms with van der Waals surface area (Å²) in [6.45, 7) is 25.5. The maximum Gasteiger partial charge on any atom is 0.261 e. The fraction of sp³-hybridized carbons (Fsp3) is 0.538. The highest BCUT2D eigenvalue weighted by Gasteiger charge is 2.50. The quantitative estimate of drug-likeness (QED) is 0.126. The molecule has 0 aliphatic rings. The van der Waals surface area contributed by atoms with E-state index >= 15 is 0 Å². The van der Waals surface area contributed by atoms with Crippen LogP contribution < -0.4 is 10.4 Å². The van der Waals surface area contributed by atoms with Gasteiger partial charge in [0.2, 0.25) is 0 Å². The van der Waals surface area contributed by atoms with Gasteiger partial charge in [0.05, 0.1) is 25.4 Å². The summed E-state index contributed by atoms with van der Waals surface area (Å²) in [5.41, 5.74) is 0. The van der Waals surface area contributed by atoms with Crippen LogP contribution in [-0.2, 0) is 13.3 Å². The van der Waals surface area contributed by atoms with Gasteiger partial charge in [-0.3, -0.25) is 0 Å². The van der Waals surface area contributed by atoms with E-state index in [-0.39, 0.29) is 28.9 Å². The Hall–Kier alpha value is -1.85. The number of hydrogen-bond donors (Lipinski definition) is 1. The first-order valence-corrected chi connectivity index (χ1v) is 24.7. The van der Waals surface area contributed by atoms with E-state index in [9.17, 15) is 5.11 Å². The maximum absolute atomic E-state index is 10.3. The van der Waals surface area contributed by atoms with Crippen LogP contribution in [0.1, 0.15) is 68.7 Å². The van der Waals surface area contributed by atoms with E-state index in [1.165, 1.54) is 10.4 Å². The zero-order valence-corrected chi connectivity index (χ0v) is 33.8. The molecule has 0 aliphatic carbocycles. The van der Waals surface area contributed by atoms with Crippen molar-refractivity contribution >= 4 is 35.3 Å². The number of rotatable bonds is 18. The summed E-state index contributed by atoms with van der Waals surface area (Å²) in [6.07, 6.45) is 12.8. The Kier molecular flexibility index (Phi) is 15.8. The summed E-state index contributed by atoms with van der Waals surface area (Å²) in [6, 6.07) is 24.7. The molecule has 0 spiro atoms. The molecule has 0 heterocycles. The van der Waals surface area contributed by atoms with Crippen LogP contribution in [0.5, 0.6) is 0 Å². The molecule has 0 radical (unpaired) electrons. The number of aliphatic hydroxyl groups is 1. The normalized spacial score (nSPS) is 15.3. The van der Waals surface area contributed by atoms with Crippen LogP contribution in [0.15, 0.2) is 97.1 Å². The van der Waals surface area contributed by atoms with Crippen molar-refractivity contribution in [3.63, 3.8) is 0 Å². The first-order chi connectivity index (χ1) is 21.6. The van der Waals surface area contributed by atoms with Gasteiger partial charge in [0, 0.05) is 6.42 Å². The van der Waals surface area contributed by atoms with Gasteiger partial charge >= 0.3 is 0 Å². The standard InChI is InChI=1S/C39H64O4Si3/c1-12-45(13-2,14-3)43-35(33-40)32-34(42-44(10,11)38(4,5)6)26-20-16-15-17-25-31-41-46(39(7,8)9,36-27-21-18-22-28-36)37-29-23-19-24-30-37/h15-30,34-35,40H,12-14,31-33H2,1-11H3/b16-15-,25-17+,26-20-/t34-,35+/m0/s1. The molecule has 0 unspecified atom stereocenters. The maximum atomic E-state index is 10.3. The zero-order chi connectivity index (χ0) is 34.5. The van der Waals surface area contributed by atoms with Crippen molar-refractivity contribution in [2.75, 3.05) is 13.2 Å². The molecule has 0 saturated carbocycles. The third kappa shape index (κ3) is 10.8. The van der Waals surface area contributed by atoms with Crippen molar-refractivity contribution in [3.05, 3.63) is 97.1 Å². The van der Waals surface area contributed by atoms with Crippen molar-refractivity contribution in [1.29, 1.82) is 0 Å². The SMILES string of the molecule is CC[Si](CC)(CC)O[C@@H](CO)C[C@H](\C=C/C=C\C=C\CO[Si](c1ccccc1)(c1ccccc1)C(C)(C)C)O[Si](C)(C)C(C)(C)C. The second kappa shape index (κ2) is 18.1. The van der Waals surface area contributed by atoms with Crippen molar-refractivity contribution in [1.82, 2.24) is 0 Å². The molecule has 2 atom stereocenters. The highest BCUT2D eigenvalue weighted by molar-refractivity contribution is 6.99. The Labute approximate surface area is 285 Å². The molecule has 7 heteroatoms. The van der Waals surface area contributed by atoms with Crippen molar-refractivity contribution in [2.24, 2.45) is 0 Å². The van der Waals surface area contributed by atoms with Crippen LogP contribution in [0.3, 0.4) is 0 Å². The van der Waals surface area contributed by atoms with Gasteiger partial charge in [-0.1, -0.05) is 159 Å². The molecule has 0 amide bonds. The van der Waals surface area contributed by atoms with E-state index in [2.05, 4.69) is 173 Å². The number of hydrogen-bond acceptors (Lipinski definition) is 4. The molecule has 2 rings (SSSR count). The molecule has 1 N–H and O–H groups in total. The van der Waals surface area contributed by atoms with Gasteiger partial charge in [-0.25, -0.2) is 0 Å². The van der Waals surface area contributed by atoms with Gasteiger partial charge in [-0.15, -0.1) is 0 Å². The lowest BCUT2D eigenvalue weighted by atomic mass is 10.1. The molecule has 2 aromatic carbocycles. The van der Waals surface area contributed by atoms with Gasteiger partial charge < -0.3 is 18.4 Å². The minimum atomic E-state index is -2.55. The van der Waals surface area contributed by atoms with Gasteiger partial charge in [0.15, 0.2) is 16.6 Å². The van der Waals surface area contributed by atoms with Crippen molar-refractivity contribution in [2.45, 2.75) is 122 Å². The number of allylic oxidation sites excluding steroid dienone is 4. The van der Waals surface area contributed by atoms with Gasteiger partial charge in [-0.05, 0) is 51.7 Å². The Morgan fingerprint density at radius 2 is 1.20 bits per heavy atom. The minimum absolute atomic E-state index is 0.0177. The second-order valence-corrected chi connectivity index (χ2v) is 28.8. The van der Waals surface area contributed by atoms with Gasteiger partial charge in [0.25, 0.3) is 8.32 Å². The Morgan fingerprint density at radius 3 is 1.63 bits per heavy atom. The largest absolute Gasteiger partial charge is 0.411 e. The molecule has 256 valence electrons. The molecule has 0 aliphatic heterocycles. The lowest BCUT2D eigenvalue weighted by Gasteiger charge is -2.42. The second-order valence-electron chi connectivity index (χ2n) is 15.0. The summed E-state index contributed by atoms with van der Waals surface area (Å²) >= 11 is 0. The van der Waals surface area contributed by atoms with Gasteiger partial charge in [0.1, 0.15) is 0 Å². The van der Waals surface area contributed by atoms with E-state index in [0.29, 0.717) is 13.0 Å². The molecule has 0 fully saturated rings. The fourth-order valence-corrected chi connectivity index (χ4v) is 14.5. The van der Waals surface area contributed by atoms with Crippen LogP contribution in [0.2, 0.25) is 41.3 Å².